The molecule has 0 bridgehead atoms. The predicted octanol–water partition coefficient (Wildman–Crippen LogP) is 1.83. The van der Waals surface area contributed by atoms with Gasteiger partial charge in [0.1, 0.15) is 12.4 Å². The summed E-state index contributed by atoms with van der Waals surface area (Å²) in [7, 11) is 0. The van der Waals surface area contributed by atoms with Gasteiger partial charge in [-0.05, 0) is 50.1 Å². The van der Waals surface area contributed by atoms with E-state index in [0.717, 1.165) is 25.3 Å². The van der Waals surface area contributed by atoms with E-state index in [1.165, 1.54) is 11.1 Å². The standard InChI is InChI=1S/C15H22N2O2.ClH/c1-11-7-12(2)9-14(8-11)19-6-5-17-15(18)13-3-4-16-10-13;/h7-9,13,16H,3-6,10H2,1-2H3,(H,17,18);1H. The molecule has 0 saturated carbocycles. The topological polar surface area (TPSA) is 50.4 Å². The van der Waals surface area contributed by atoms with Gasteiger partial charge in [0.2, 0.25) is 5.91 Å². The minimum absolute atomic E-state index is 0. The summed E-state index contributed by atoms with van der Waals surface area (Å²) in [5, 5.41) is 6.11. The van der Waals surface area contributed by atoms with E-state index in [1.54, 1.807) is 0 Å². The van der Waals surface area contributed by atoms with Crippen LogP contribution in [0, 0.1) is 19.8 Å². The first-order chi connectivity index (χ1) is 9.15. The Morgan fingerprint density at radius 2 is 2.05 bits per heavy atom. The molecule has 1 fully saturated rings. The summed E-state index contributed by atoms with van der Waals surface area (Å²) in [6.45, 7) is 6.90. The second kappa shape index (κ2) is 8.12. The Hall–Kier alpha value is -1.26. The van der Waals surface area contributed by atoms with Crippen molar-refractivity contribution in [1.29, 1.82) is 0 Å². The maximum atomic E-state index is 11.8. The van der Waals surface area contributed by atoms with E-state index >= 15 is 0 Å². The molecule has 4 nitrogen and oxygen atoms in total. The molecular formula is C15H23ClN2O2. The monoisotopic (exact) mass is 298 g/mol. The highest BCUT2D eigenvalue weighted by Crippen LogP contribution is 2.15. The van der Waals surface area contributed by atoms with Gasteiger partial charge in [-0.1, -0.05) is 6.07 Å². The molecule has 1 aliphatic heterocycles. The number of hydrogen-bond donors (Lipinski definition) is 2. The Bertz CT molecular complexity index is 425. The molecular weight excluding hydrogens is 276 g/mol. The molecule has 1 aliphatic rings. The Morgan fingerprint density at radius 1 is 1.35 bits per heavy atom. The number of halogens is 1. The number of nitrogens with one attached hydrogen (secondary N) is 2. The van der Waals surface area contributed by atoms with Gasteiger partial charge in [0, 0.05) is 6.54 Å². The van der Waals surface area contributed by atoms with E-state index in [0.29, 0.717) is 13.2 Å². The van der Waals surface area contributed by atoms with E-state index in [1.807, 2.05) is 12.1 Å². The average Bonchev–Trinajstić information content (AvgIpc) is 2.87. The van der Waals surface area contributed by atoms with Gasteiger partial charge in [-0.2, -0.15) is 0 Å². The molecule has 1 heterocycles. The quantitative estimate of drug-likeness (QED) is 0.816. The molecule has 0 spiro atoms. The summed E-state index contributed by atoms with van der Waals surface area (Å²) in [6, 6.07) is 6.13. The summed E-state index contributed by atoms with van der Waals surface area (Å²) in [6.07, 6.45) is 0.934. The number of hydrogen-bond acceptors (Lipinski definition) is 3. The Labute approximate surface area is 126 Å². The molecule has 2 rings (SSSR count). The van der Waals surface area contributed by atoms with Crippen molar-refractivity contribution < 1.29 is 9.53 Å². The van der Waals surface area contributed by atoms with Crippen LogP contribution in [0.2, 0.25) is 0 Å². The fourth-order valence-electron chi connectivity index (χ4n) is 2.38. The Balaban J connectivity index is 0.00000200. The molecule has 1 aromatic rings. The third-order valence-corrected chi connectivity index (χ3v) is 3.30. The lowest BCUT2D eigenvalue weighted by atomic mass is 10.1. The van der Waals surface area contributed by atoms with Crippen molar-refractivity contribution in [3.05, 3.63) is 29.3 Å². The second-order valence-electron chi connectivity index (χ2n) is 5.15. The van der Waals surface area contributed by atoms with Crippen LogP contribution < -0.4 is 15.4 Å². The van der Waals surface area contributed by atoms with Crippen molar-refractivity contribution in [3.63, 3.8) is 0 Å². The van der Waals surface area contributed by atoms with Crippen LogP contribution in [-0.2, 0) is 4.79 Å². The highest BCUT2D eigenvalue weighted by atomic mass is 35.5. The van der Waals surface area contributed by atoms with Crippen molar-refractivity contribution in [2.24, 2.45) is 5.92 Å². The Kier molecular flexibility index (Phi) is 6.82. The van der Waals surface area contributed by atoms with Crippen LogP contribution in [-0.4, -0.2) is 32.1 Å². The molecule has 20 heavy (non-hydrogen) atoms. The molecule has 1 saturated heterocycles. The number of ether oxygens (including phenoxy) is 1. The van der Waals surface area contributed by atoms with Crippen LogP contribution in [0.5, 0.6) is 5.75 Å². The van der Waals surface area contributed by atoms with Crippen LogP contribution >= 0.6 is 12.4 Å². The van der Waals surface area contributed by atoms with Gasteiger partial charge in [0.05, 0.1) is 12.5 Å². The SMILES string of the molecule is Cc1cc(C)cc(OCCNC(=O)C2CCNC2)c1.Cl. The van der Waals surface area contributed by atoms with Gasteiger partial charge >= 0.3 is 0 Å². The molecule has 0 aromatic heterocycles. The molecule has 1 unspecified atom stereocenters. The third-order valence-electron chi connectivity index (χ3n) is 3.30. The number of rotatable bonds is 5. The summed E-state index contributed by atoms with van der Waals surface area (Å²) in [5.74, 6) is 1.13. The largest absolute Gasteiger partial charge is 0.492 e. The summed E-state index contributed by atoms with van der Waals surface area (Å²) in [4.78, 5) is 11.8. The van der Waals surface area contributed by atoms with Crippen molar-refractivity contribution in [1.82, 2.24) is 10.6 Å². The summed E-state index contributed by atoms with van der Waals surface area (Å²) >= 11 is 0. The molecule has 5 heteroatoms. The van der Waals surface area contributed by atoms with Gasteiger partial charge < -0.3 is 15.4 Å². The van der Waals surface area contributed by atoms with Crippen LogP contribution in [0.15, 0.2) is 18.2 Å². The molecule has 1 amide bonds. The number of carbonyl (C=O) groups excluding carboxylic acids is 1. The van der Waals surface area contributed by atoms with Crippen molar-refractivity contribution >= 4 is 18.3 Å². The van der Waals surface area contributed by atoms with Crippen molar-refractivity contribution in [2.75, 3.05) is 26.2 Å². The first-order valence-electron chi connectivity index (χ1n) is 6.84. The van der Waals surface area contributed by atoms with Crippen molar-refractivity contribution in [3.8, 4) is 5.75 Å². The maximum absolute atomic E-state index is 11.8. The molecule has 0 radical (unpaired) electrons. The lowest BCUT2D eigenvalue weighted by Crippen LogP contribution is -2.34. The van der Waals surface area contributed by atoms with E-state index < -0.39 is 0 Å². The van der Waals surface area contributed by atoms with Crippen molar-refractivity contribution in [2.45, 2.75) is 20.3 Å². The number of amides is 1. The van der Waals surface area contributed by atoms with Crippen LogP contribution in [0.1, 0.15) is 17.5 Å². The highest BCUT2D eigenvalue weighted by Gasteiger charge is 2.21. The van der Waals surface area contributed by atoms with Crippen LogP contribution in [0.4, 0.5) is 0 Å². The normalized spacial score (nSPS) is 17.4. The zero-order valence-electron chi connectivity index (χ0n) is 12.1. The zero-order valence-corrected chi connectivity index (χ0v) is 12.9. The number of carbonyl (C=O) groups is 1. The second-order valence-corrected chi connectivity index (χ2v) is 5.15. The average molecular weight is 299 g/mol. The fraction of sp³-hybridized carbons (Fsp3) is 0.533. The zero-order chi connectivity index (χ0) is 13.7. The predicted molar refractivity (Wildman–Crippen MR) is 82.6 cm³/mol. The van der Waals surface area contributed by atoms with Gasteiger partial charge in [0.15, 0.2) is 0 Å². The van der Waals surface area contributed by atoms with Crippen LogP contribution in [0.3, 0.4) is 0 Å². The third kappa shape index (κ3) is 5.02. The fourth-order valence-corrected chi connectivity index (χ4v) is 2.38. The molecule has 0 aliphatic carbocycles. The lowest BCUT2D eigenvalue weighted by molar-refractivity contribution is -0.124. The first-order valence-corrected chi connectivity index (χ1v) is 6.84. The van der Waals surface area contributed by atoms with E-state index in [2.05, 4.69) is 30.5 Å². The van der Waals surface area contributed by atoms with E-state index in [4.69, 9.17) is 4.74 Å². The van der Waals surface area contributed by atoms with Crippen LogP contribution in [0.25, 0.3) is 0 Å². The van der Waals surface area contributed by atoms with Gasteiger partial charge in [-0.3, -0.25) is 4.79 Å². The summed E-state index contributed by atoms with van der Waals surface area (Å²) < 4.78 is 5.65. The maximum Gasteiger partial charge on any atom is 0.224 e. The lowest BCUT2D eigenvalue weighted by Gasteiger charge is -2.11. The van der Waals surface area contributed by atoms with E-state index in [9.17, 15) is 4.79 Å². The highest BCUT2D eigenvalue weighted by molar-refractivity contribution is 5.85. The Morgan fingerprint density at radius 3 is 2.65 bits per heavy atom. The minimum Gasteiger partial charge on any atom is -0.492 e. The van der Waals surface area contributed by atoms with Gasteiger partial charge in [-0.15, -0.1) is 12.4 Å². The first kappa shape index (κ1) is 16.8. The molecule has 1 atom stereocenters. The molecule has 112 valence electrons. The van der Waals surface area contributed by atoms with Gasteiger partial charge in [-0.25, -0.2) is 0 Å². The smallest absolute Gasteiger partial charge is 0.224 e. The molecule has 1 aromatic carbocycles. The minimum atomic E-state index is 0. The van der Waals surface area contributed by atoms with Gasteiger partial charge in [0.25, 0.3) is 0 Å². The summed E-state index contributed by atoms with van der Waals surface area (Å²) in [5.41, 5.74) is 2.38. The molecule has 2 N–H and O–H groups in total. The number of aryl methyl sites for hydroxylation is 2. The number of benzene rings is 1. The van der Waals surface area contributed by atoms with E-state index in [-0.39, 0.29) is 24.2 Å².